The summed E-state index contributed by atoms with van der Waals surface area (Å²) in [7, 11) is 0. The Kier molecular flexibility index (Phi) is 4.57. The molecular formula is C32H25N3S. The highest BCUT2D eigenvalue weighted by Crippen LogP contribution is 2.47. The van der Waals surface area contributed by atoms with Gasteiger partial charge in [-0.2, -0.15) is 0 Å². The second kappa shape index (κ2) is 7.74. The van der Waals surface area contributed by atoms with E-state index in [4.69, 9.17) is 9.97 Å². The molecule has 0 saturated heterocycles. The van der Waals surface area contributed by atoms with Gasteiger partial charge in [0.1, 0.15) is 0 Å². The van der Waals surface area contributed by atoms with Gasteiger partial charge in [-0.3, -0.25) is 0 Å². The number of benzene rings is 4. The van der Waals surface area contributed by atoms with Gasteiger partial charge in [-0.1, -0.05) is 63.2 Å². The van der Waals surface area contributed by atoms with E-state index in [1.54, 1.807) is 0 Å². The van der Waals surface area contributed by atoms with Crippen molar-refractivity contribution in [2.24, 2.45) is 0 Å². The van der Waals surface area contributed by atoms with Crippen molar-refractivity contribution in [1.29, 1.82) is 0 Å². The summed E-state index contributed by atoms with van der Waals surface area (Å²) in [5.41, 5.74) is 5.97. The van der Waals surface area contributed by atoms with Crippen molar-refractivity contribution in [2.45, 2.75) is 26.2 Å². The fourth-order valence-corrected chi connectivity index (χ4v) is 6.48. The first-order valence-electron chi connectivity index (χ1n) is 12.3. The second-order valence-corrected chi connectivity index (χ2v) is 11.4. The first-order valence-corrected chi connectivity index (χ1v) is 13.1. The van der Waals surface area contributed by atoms with Crippen LogP contribution in [0.25, 0.3) is 59.1 Å². The van der Waals surface area contributed by atoms with Crippen LogP contribution >= 0.6 is 11.3 Å². The normalized spacial score (nSPS) is 12.3. The molecular weight excluding hydrogens is 458 g/mol. The summed E-state index contributed by atoms with van der Waals surface area (Å²) in [5.74, 6) is 0.747. The van der Waals surface area contributed by atoms with Gasteiger partial charge in [-0.05, 0) is 53.4 Å². The van der Waals surface area contributed by atoms with Gasteiger partial charge in [0.05, 0.1) is 11.0 Å². The zero-order chi connectivity index (χ0) is 24.4. The SMILES string of the molecule is CC(C)(C)c1ccc2sc3cc(-c4ncccn4)c4c(c5ccccc5n4-c4ccccc4)c3c2c1. The third-order valence-corrected chi connectivity index (χ3v) is 8.18. The van der Waals surface area contributed by atoms with Crippen molar-refractivity contribution in [2.75, 3.05) is 0 Å². The smallest absolute Gasteiger partial charge is 0.161 e. The van der Waals surface area contributed by atoms with Crippen molar-refractivity contribution in [3.05, 3.63) is 103 Å². The highest BCUT2D eigenvalue weighted by atomic mass is 32.1. The van der Waals surface area contributed by atoms with E-state index in [9.17, 15) is 0 Å². The molecule has 4 heteroatoms. The minimum Gasteiger partial charge on any atom is -0.308 e. The van der Waals surface area contributed by atoms with Gasteiger partial charge in [0.2, 0.25) is 0 Å². The molecule has 3 nitrogen and oxygen atoms in total. The van der Waals surface area contributed by atoms with E-state index >= 15 is 0 Å². The summed E-state index contributed by atoms with van der Waals surface area (Å²) in [6.45, 7) is 6.85. The monoisotopic (exact) mass is 483 g/mol. The van der Waals surface area contributed by atoms with Crippen LogP contribution in [0.4, 0.5) is 0 Å². The molecule has 0 N–H and O–H groups in total. The maximum atomic E-state index is 4.69. The van der Waals surface area contributed by atoms with Gasteiger partial charge in [-0.25, -0.2) is 9.97 Å². The minimum atomic E-state index is 0.0808. The maximum Gasteiger partial charge on any atom is 0.161 e. The van der Waals surface area contributed by atoms with Gasteiger partial charge in [-0.15, -0.1) is 11.3 Å². The summed E-state index contributed by atoms with van der Waals surface area (Å²) in [4.78, 5) is 9.38. The molecule has 0 aliphatic rings. The lowest BCUT2D eigenvalue weighted by atomic mass is 9.86. The van der Waals surface area contributed by atoms with Crippen molar-refractivity contribution in [1.82, 2.24) is 14.5 Å². The summed E-state index contributed by atoms with van der Waals surface area (Å²) in [5, 5.41) is 5.16. The third kappa shape index (κ3) is 3.11. The summed E-state index contributed by atoms with van der Waals surface area (Å²) in [6, 6.07) is 30.5. The molecule has 3 heterocycles. The van der Waals surface area contributed by atoms with E-state index in [1.807, 2.05) is 29.8 Å². The van der Waals surface area contributed by atoms with Crippen LogP contribution in [0.15, 0.2) is 97.3 Å². The lowest BCUT2D eigenvalue weighted by Crippen LogP contribution is -2.10. The maximum absolute atomic E-state index is 4.69. The lowest BCUT2D eigenvalue weighted by Gasteiger charge is -2.19. The van der Waals surface area contributed by atoms with Crippen LogP contribution in [-0.4, -0.2) is 14.5 Å². The molecule has 174 valence electrons. The standard InChI is InChI=1S/C32H25N3S/c1-32(2,3)20-14-15-26-23(18-20)28-27(36-26)19-24(31-33-16-9-17-34-31)30-29(28)22-12-7-8-13-25(22)35(30)21-10-5-4-6-11-21/h4-19H,1-3H3. The molecule has 0 amide bonds. The second-order valence-electron chi connectivity index (χ2n) is 10.3. The fourth-order valence-electron chi connectivity index (χ4n) is 5.34. The number of hydrogen-bond donors (Lipinski definition) is 0. The quantitative estimate of drug-likeness (QED) is 0.246. The Morgan fingerprint density at radius 1 is 0.694 bits per heavy atom. The molecule has 0 spiro atoms. The number of nitrogens with zero attached hydrogens (tertiary/aromatic N) is 3. The Balaban J connectivity index is 1.76. The van der Waals surface area contributed by atoms with Gasteiger partial charge in [0.25, 0.3) is 0 Å². The van der Waals surface area contributed by atoms with E-state index in [1.165, 1.54) is 42.0 Å². The highest BCUT2D eigenvalue weighted by molar-refractivity contribution is 7.26. The zero-order valence-electron chi connectivity index (χ0n) is 20.5. The molecule has 36 heavy (non-hydrogen) atoms. The van der Waals surface area contributed by atoms with Crippen molar-refractivity contribution >= 4 is 53.3 Å². The molecule has 0 saturated carbocycles. The first kappa shape index (κ1) is 21.3. The van der Waals surface area contributed by atoms with Gasteiger partial charge in [0.15, 0.2) is 5.82 Å². The molecule has 3 aromatic heterocycles. The average Bonchev–Trinajstić information content (AvgIpc) is 3.44. The van der Waals surface area contributed by atoms with Gasteiger partial charge in [0, 0.05) is 54.6 Å². The van der Waals surface area contributed by atoms with E-state index < -0.39 is 0 Å². The van der Waals surface area contributed by atoms with Gasteiger partial charge < -0.3 is 4.57 Å². The minimum absolute atomic E-state index is 0.0808. The van der Waals surface area contributed by atoms with Crippen molar-refractivity contribution < 1.29 is 0 Å². The van der Waals surface area contributed by atoms with Crippen LogP contribution in [0.3, 0.4) is 0 Å². The highest BCUT2D eigenvalue weighted by Gasteiger charge is 2.23. The Morgan fingerprint density at radius 3 is 2.22 bits per heavy atom. The Hall–Kier alpha value is -4.02. The molecule has 0 unspecified atom stereocenters. The lowest BCUT2D eigenvalue weighted by molar-refractivity contribution is 0.591. The molecule has 0 radical (unpaired) electrons. The van der Waals surface area contributed by atoms with E-state index in [0.29, 0.717) is 0 Å². The van der Waals surface area contributed by atoms with E-state index in [0.717, 1.165) is 22.6 Å². The van der Waals surface area contributed by atoms with Crippen LogP contribution in [0.1, 0.15) is 26.3 Å². The molecule has 0 aliphatic carbocycles. The Morgan fingerprint density at radius 2 is 1.44 bits per heavy atom. The number of rotatable bonds is 2. The predicted molar refractivity (Wildman–Crippen MR) is 153 cm³/mol. The largest absolute Gasteiger partial charge is 0.308 e. The first-order chi connectivity index (χ1) is 17.5. The number of thiophene rings is 1. The number of fused-ring (bicyclic) bond motifs is 7. The molecule has 7 aromatic rings. The molecule has 7 rings (SSSR count). The molecule has 0 aliphatic heterocycles. The molecule has 0 atom stereocenters. The number of para-hydroxylation sites is 2. The van der Waals surface area contributed by atoms with E-state index in [-0.39, 0.29) is 5.41 Å². The number of hydrogen-bond acceptors (Lipinski definition) is 3. The van der Waals surface area contributed by atoms with Crippen molar-refractivity contribution in [3.63, 3.8) is 0 Å². The predicted octanol–water partition coefficient (Wildman–Crippen LogP) is 8.91. The fraction of sp³-hybridized carbons (Fsp3) is 0.125. The molecule has 0 fully saturated rings. The van der Waals surface area contributed by atoms with E-state index in [2.05, 4.69) is 104 Å². The van der Waals surface area contributed by atoms with Crippen LogP contribution in [0.5, 0.6) is 0 Å². The Labute approximate surface area is 213 Å². The van der Waals surface area contributed by atoms with Crippen LogP contribution in [-0.2, 0) is 5.41 Å². The summed E-state index contributed by atoms with van der Waals surface area (Å²) in [6.07, 6.45) is 3.66. The van der Waals surface area contributed by atoms with Gasteiger partial charge >= 0.3 is 0 Å². The topological polar surface area (TPSA) is 30.7 Å². The summed E-state index contributed by atoms with van der Waals surface area (Å²) < 4.78 is 4.95. The summed E-state index contributed by atoms with van der Waals surface area (Å²) >= 11 is 1.85. The zero-order valence-corrected chi connectivity index (χ0v) is 21.3. The van der Waals surface area contributed by atoms with Crippen molar-refractivity contribution in [3.8, 4) is 17.1 Å². The number of aromatic nitrogens is 3. The van der Waals surface area contributed by atoms with Crippen LogP contribution in [0.2, 0.25) is 0 Å². The van der Waals surface area contributed by atoms with Crippen LogP contribution in [0, 0.1) is 0 Å². The molecule has 4 aromatic carbocycles. The Bertz CT molecular complexity index is 1910. The molecule has 0 bridgehead atoms. The van der Waals surface area contributed by atoms with Crippen LogP contribution < -0.4 is 0 Å². The average molecular weight is 484 g/mol. The third-order valence-electron chi connectivity index (χ3n) is 7.06.